The monoisotopic (exact) mass is 549 g/mol. The van der Waals surface area contributed by atoms with Gasteiger partial charge in [0.05, 0.1) is 10.6 Å². The van der Waals surface area contributed by atoms with E-state index in [2.05, 4.69) is 93.3 Å². The molecule has 0 bridgehead atoms. The highest BCUT2D eigenvalue weighted by Crippen LogP contribution is 2.31. The number of hydrogen-bond acceptors (Lipinski definition) is 5. The normalized spacial score (nSPS) is 14.2. The van der Waals surface area contributed by atoms with Gasteiger partial charge in [0.2, 0.25) is 0 Å². The van der Waals surface area contributed by atoms with Gasteiger partial charge in [0.1, 0.15) is 0 Å². The number of rotatable bonds is 11. The highest BCUT2D eigenvalue weighted by Gasteiger charge is 2.12. The van der Waals surface area contributed by atoms with Crippen LogP contribution in [-0.2, 0) is 12.8 Å². The number of terminal acetylenes is 1. The maximum atomic E-state index is 4.64. The topological polar surface area (TPSA) is 56.8 Å². The van der Waals surface area contributed by atoms with E-state index in [9.17, 15) is 0 Å². The molecule has 0 amide bonds. The standard InChI is InChI=1S/C32H37N5S.C2H2/c1-23(26-19-25(21-34-22-26)8-6-16-37-14-4-5-15-37)10-11-29(33-3)24(2)18-27-20-28-30(36-27)12-13-35-32(28)31-9-7-17-38-31;1-2/h7,9-13,17,19-22,33,36H,2,4-6,8,14-16,18H2,1,3H3;1-2H/b23-10+,29-11+;. The largest absolute Gasteiger partial charge is 0.388 e. The number of allylic oxidation sites excluding steroid dienone is 4. The molecule has 5 nitrogen and oxygen atoms in total. The van der Waals surface area contributed by atoms with Crippen molar-refractivity contribution in [3.63, 3.8) is 0 Å². The first-order chi connectivity index (χ1) is 19.6. The van der Waals surface area contributed by atoms with E-state index in [1.54, 1.807) is 11.3 Å². The molecule has 5 heterocycles. The van der Waals surface area contributed by atoms with Crippen LogP contribution in [0, 0.1) is 12.8 Å². The summed E-state index contributed by atoms with van der Waals surface area (Å²) in [5, 5.41) is 6.57. The van der Waals surface area contributed by atoms with Crippen LogP contribution >= 0.6 is 11.3 Å². The van der Waals surface area contributed by atoms with Gasteiger partial charge in [-0.3, -0.25) is 9.97 Å². The molecule has 1 saturated heterocycles. The van der Waals surface area contributed by atoms with Gasteiger partial charge in [0.25, 0.3) is 0 Å². The van der Waals surface area contributed by atoms with Crippen molar-refractivity contribution in [2.45, 2.75) is 39.0 Å². The van der Waals surface area contributed by atoms with E-state index in [1.165, 1.54) is 60.5 Å². The van der Waals surface area contributed by atoms with Crippen molar-refractivity contribution in [2.75, 3.05) is 26.7 Å². The molecule has 0 saturated carbocycles. The molecule has 2 N–H and O–H groups in total. The fourth-order valence-corrected chi connectivity index (χ4v) is 5.91. The Balaban J connectivity index is 0.00000181. The summed E-state index contributed by atoms with van der Waals surface area (Å²) in [5.74, 6) is 0. The third-order valence-corrected chi connectivity index (χ3v) is 8.18. The Kier molecular flexibility index (Phi) is 10.5. The Morgan fingerprint density at radius 1 is 1.18 bits per heavy atom. The maximum Gasteiger partial charge on any atom is 0.0895 e. The Bertz CT molecular complexity index is 1480. The number of fused-ring (bicyclic) bond motifs is 1. The molecule has 1 aliphatic rings. The zero-order valence-electron chi connectivity index (χ0n) is 23.6. The number of likely N-dealkylation sites (tertiary alicyclic amines) is 1. The van der Waals surface area contributed by atoms with Crippen molar-refractivity contribution in [3.8, 4) is 23.4 Å². The second kappa shape index (κ2) is 14.5. The van der Waals surface area contributed by atoms with E-state index >= 15 is 0 Å². The molecule has 0 aliphatic carbocycles. The average molecular weight is 550 g/mol. The third-order valence-electron chi connectivity index (χ3n) is 7.30. The van der Waals surface area contributed by atoms with Gasteiger partial charge in [-0.05, 0) is 110 Å². The van der Waals surface area contributed by atoms with Crippen LogP contribution in [0.1, 0.15) is 43.0 Å². The molecule has 0 unspecified atom stereocenters. The lowest BCUT2D eigenvalue weighted by molar-refractivity contribution is 0.334. The lowest BCUT2D eigenvalue weighted by atomic mass is 10.0. The summed E-state index contributed by atoms with van der Waals surface area (Å²) in [7, 11) is 1.95. The van der Waals surface area contributed by atoms with Crippen molar-refractivity contribution in [2.24, 2.45) is 0 Å². The van der Waals surface area contributed by atoms with Gasteiger partial charge in [0, 0.05) is 54.4 Å². The van der Waals surface area contributed by atoms with Crippen molar-refractivity contribution in [1.29, 1.82) is 0 Å². The first-order valence-electron chi connectivity index (χ1n) is 13.9. The Morgan fingerprint density at radius 2 is 2.00 bits per heavy atom. The molecule has 5 rings (SSSR count). The molecule has 0 atom stereocenters. The minimum Gasteiger partial charge on any atom is -0.388 e. The Labute approximate surface area is 242 Å². The number of aryl methyl sites for hydroxylation is 1. The quantitative estimate of drug-likeness (QED) is 0.153. The number of thiophene rings is 1. The van der Waals surface area contributed by atoms with Crippen LogP contribution in [0.3, 0.4) is 0 Å². The van der Waals surface area contributed by atoms with Gasteiger partial charge in [-0.15, -0.1) is 24.2 Å². The zero-order chi connectivity index (χ0) is 28.3. The van der Waals surface area contributed by atoms with Crippen LogP contribution in [0.5, 0.6) is 0 Å². The average Bonchev–Trinajstić information content (AvgIpc) is 3.77. The van der Waals surface area contributed by atoms with Crippen molar-refractivity contribution < 1.29 is 0 Å². The van der Waals surface area contributed by atoms with Crippen LogP contribution in [0.2, 0.25) is 0 Å². The predicted molar refractivity (Wildman–Crippen MR) is 171 cm³/mol. The van der Waals surface area contributed by atoms with Gasteiger partial charge in [-0.25, -0.2) is 0 Å². The van der Waals surface area contributed by atoms with Crippen LogP contribution in [0.25, 0.3) is 27.0 Å². The lowest BCUT2D eigenvalue weighted by Gasteiger charge is -2.14. The number of nitrogens with zero attached hydrogens (tertiary/aromatic N) is 3. The molecule has 6 heteroatoms. The molecular weight excluding hydrogens is 510 g/mol. The van der Waals surface area contributed by atoms with Crippen LogP contribution in [0.15, 0.2) is 84.3 Å². The fourth-order valence-electron chi connectivity index (χ4n) is 5.18. The number of hydrogen-bond donors (Lipinski definition) is 2. The summed E-state index contributed by atoms with van der Waals surface area (Å²) in [5.41, 5.74) is 8.99. The SMILES string of the molecule is C#C.C=C(Cc1cc2c(-c3cccs3)nccc2[nH]1)/C(=C\C=C(/C)c1cncc(CCCN2CCCC2)c1)NC. The second-order valence-electron chi connectivity index (χ2n) is 10.1. The van der Waals surface area contributed by atoms with Gasteiger partial charge in [-0.2, -0.15) is 0 Å². The predicted octanol–water partition coefficient (Wildman–Crippen LogP) is 7.27. The summed E-state index contributed by atoms with van der Waals surface area (Å²) < 4.78 is 0. The van der Waals surface area contributed by atoms with E-state index in [0.29, 0.717) is 0 Å². The zero-order valence-corrected chi connectivity index (χ0v) is 24.4. The van der Waals surface area contributed by atoms with Gasteiger partial charge >= 0.3 is 0 Å². The molecule has 206 valence electrons. The highest BCUT2D eigenvalue weighted by molar-refractivity contribution is 7.13. The highest BCUT2D eigenvalue weighted by atomic mass is 32.1. The second-order valence-corrected chi connectivity index (χ2v) is 11.0. The number of H-pyrrole nitrogens is 1. The van der Waals surface area contributed by atoms with Gasteiger partial charge < -0.3 is 15.2 Å². The molecule has 0 spiro atoms. The number of nitrogens with one attached hydrogen (secondary N) is 2. The Morgan fingerprint density at radius 3 is 2.75 bits per heavy atom. The van der Waals surface area contributed by atoms with Crippen molar-refractivity contribution >= 4 is 27.8 Å². The summed E-state index contributed by atoms with van der Waals surface area (Å²) in [6, 6.07) is 10.7. The van der Waals surface area contributed by atoms with E-state index in [0.717, 1.165) is 46.4 Å². The molecule has 40 heavy (non-hydrogen) atoms. The number of aromatic amines is 1. The molecule has 4 aromatic rings. The first kappa shape index (κ1) is 29.1. The van der Waals surface area contributed by atoms with Gasteiger partial charge in [-0.1, -0.05) is 18.7 Å². The minimum atomic E-state index is 0.728. The molecular formula is C34H39N5S. The first-order valence-corrected chi connectivity index (χ1v) is 14.7. The number of aromatic nitrogens is 3. The Hall–Kier alpha value is -3.92. The summed E-state index contributed by atoms with van der Waals surface area (Å²) in [6.07, 6.45) is 23.8. The third kappa shape index (κ3) is 7.38. The molecule has 0 aromatic carbocycles. The van der Waals surface area contributed by atoms with Crippen molar-refractivity contribution in [1.82, 2.24) is 25.2 Å². The molecule has 1 aliphatic heterocycles. The maximum absolute atomic E-state index is 4.64. The fraction of sp³-hybridized carbons (Fsp3) is 0.294. The van der Waals surface area contributed by atoms with E-state index in [1.807, 2.05) is 31.7 Å². The van der Waals surface area contributed by atoms with Crippen LogP contribution in [0.4, 0.5) is 0 Å². The summed E-state index contributed by atoms with van der Waals surface area (Å²) in [6.45, 7) is 10.3. The van der Waals surface area contributed by atoms with Gasteiger partial charge in [0.15, 0.2) is 0 Å². The minimum absolute atomic E-state index is 0.728. The van der Waals surface area contributed by atoms with E-state index in [-0.39, 0.29) is 0 Å². The lowest BCUT2D eigenvalue weighted by Crippen LogP contribution is -2.20. The summed E-state index contributed by atoms with van der Waals surface area (Å²) in [4.78, 5) is 16.5. The van der Waals surface area contributed by atoms with Crippen molar-refractivity contribution in [3.05, 3.63) is 101 Å². The number of likely N-dealkylation sites (N-methyl/N-ethyl adjacent to an activating group) is 1. The molecule has 4 aromatic heterocycles. The summed E-state index contributed by atoms with van der Waals surface area (Å²) >= 11 is 1.71. The smallest absolute Gasteiger partial charge is 0.0895 e. The van der Waals surface area contributed by atoms with Crippen LogP contribution < -0.4 is 5.32 Å². The van der Waals surface area contributed by atoms with Crippen LogP contribution in [-0.4, -0.2) is 46.5 Å². The molecule has 0 radical (unpaired) electrons. The van der Waals surface area contributed by atoms with E-state index < -0.39 is 0 Å². The number of pyridine rings is 2. The van der Waals surface area contributed by atoms with E-state index in [4.69, 9.17) is 0 Å². The molecule has 1 fully saturated rings.